The molecular formula is C8H3BrN2S. The van der Waals surface area contributed by atoms with Gasteiger partial charge in [0.15, 0.2) is 5.01 Å². The first-order chi connectivity index (χ1) is 5.79. The second-order valence-corrected chi connectivity index (χ2v) is 4.19. The zero-order valence-corrected chi connectivity index (χ0v) is 8.32. The number of halogens is 1. The molecule has 12 heavy (non-hydrogen) atoms. The van der Waals surface area contributed by atoms with Gasteiger partial charge in [-0.1, -0.05) is 15.9 Å². The van der Waals surface area contributed by atoms with Gasteiger partial charge in [0.25, 0.3) is 0 Å². The van der Waals surface area contributed by atoms with Crippen LogP contribution in [0.2, 0.25) is 0 Å². The summed E-state index contributed by atoms with van der Waals surface area (Å²) in [4.78, 5) is 4.11. The lowest BCUT2D eigenvalue weighted by Crippen LogP contribution is -1.68. The van der Waals surface area contributed by atoms with Gasteiger partial charge < -0.3 is 0 Å². The zero-order valence-electron chi connectivity index (χ0n) is 5.91. The minimum atomic E-state index is 0.517. The minimum Gasteiger partial charge on any atom is -0.226 e. The molecule has 1 aromatic carbocycles. The van der Waals surface area contributed by atoms with Crippen molar-refractivity contribution in [2.24, 2.45) is 0 Å². The van der Waals surface area contributed by atoms with Crippen molar-refractivity contribution < 1.29 is 0 Å². The van der Waals surface area contributed by atoms with Gasteiger partial charge in [0.1, 0.15) is 6.07 Å². The van der Waals surface area contributed by atoms with Gasteiger partial charge in [-0.05, 0) is 18.2 Å². The summed E-state index contributed by atoms with van der Waals surface area (Å²) >= 11 is 4.77. The molecule has 0 saturated carbocycles. The van der Waals surface area contributed by atoms with Crippen molar-refractivity contribution in [2.45, 2.75) is 0 Å². The Balaban J connectivity index is 2.77. The second kappa shape index (κ2) is 2.85. The van der Waals surface area contributed by atoms with Crippen LogP contribution < -0.4 is 0 Å². The highest BCUT2D eigenvalue weighted by atomic mass is 79.9. The third-order valence-electron chi connectivity index (χ3n) is 1.45. The molecule has 0 spiro atoms. The summed E-state index contributed by atoms with van der Waals surface area (Å²) < 4.78 is 2.06. The summed E-state index contributed by atoms with van der Waals surface area (Å²) in [5, 5.41) is 9.11. The first kappa shape index (κ1) is 7.71. The average molecular weight is 239 g/mol. The molecule has 2 rings (SSSR count). The Hall–Kier alpha value is -0.920. The summed E-state index contributed by atoms with van der Waals surface area (Å²) in [5.74, 6) is 0. The van der Waals surface area contributed by atoms with E-state index in [0.717, 1.165) is 14.7 Å². The van der Waals surface area contributed by atoms with Crippen molar-refractivity contribution in [1.82, 2.24) is 4.98 Å². The fourth-order valence-corrected chi connectivity index (χ4v) is 2.26. The van der Waals surface area contributed by atoms with Gasteiger partial charge in [-0.2, -0.15) is 5.26 Å². The van der Waals surface area contributed by atoms with Crippen molar-refractivity contribution in [2.75, 3.05) is 0 Å². The molecule has 0 unspecified atom stereocenters. The predicted molar refractivity (Wildman–Crippen MR) is 52.0 cm³/mol. The van der Waals surface area contributed by atoms with Crippen molar-refractivity contribution in [1.29, 1.82) is 5.26 Å². The van der Waals surface area contributed by atoms with Crippen LogP contribution in [0, 0.1) is 11.3 Å². The number of rotatable bonds is 0. The maximum atomic E-state index is 8.59. The summed E-state index contributed by atoms with van der Waals surface area (Å²) in [6.45, 7) is 0. The van der Waals surface area contributed by atoms with E-state index in [4.69, 9.17) is 5.26 Å². The van der Waals surface area contributed by atoms with E-state index in [-0.39, 0.29) is 0 Å². The van der Waals surface area contributed by atoms with E-state index in [0.29, 0.717) is 5.01 Å². The largest absolute Gasteiger partial charge is 0.226 e. The van der Waals surface area contributed by atoms with Crippen LogP contribution in [0.3, 0.4) is 0 Å². The van der Waals surface area contributed by atoms with Crippen molar-refractivity contribution in [3.8, 4) is 6.07 Å². The van der Waals surface area contributed by atoms with Gasteiger partial charge in [0.05, 0.1) is 10.2 Å². The zero-order chi connectivity index (χ0) is 8.55. The maximum absolute atomic E-state index is 8.59. The van der Waals surface area contributed by atoms with Crippen LogP contribution in [0.1, 0.15) is 5.01 Å². The van der Waals surface area contributed by atoms with E-state index in [1.807, 2.05) is 24.3 Å². The quantitative estimate of drug-likeness (QED) is 0.708. The SMILES string of the molecule is N#Cc1nc2ccc(Br)cc2s1. The van der Waals surface area contributed by atoms with Gasteiger partial charge >= 0.3 is 0 Å². The Bertz CT molecular complexity index is 469. The molecule has 0 saturated heterocycles. The summed E-state index contributed by atoms with van der Waals surface area (Å²) in [6.07, 6.45) is 0. The lowest BCUT2D eigenvalue weighted by Gasteiger charge is -1.86. The number of fused-ring (bicyclic) bond motifs is 1. The second-order valence-electron chi connectivity index (χ2n) is 2.24. The third kappa shape index (κ3) is 1.22. The van der Waals surface area contributed by atoms with Crippen LogP contribution in [0.5, 0.6) is 0 Å². The number of hydrogen-bond donors (Lipinski definition) is 0. The van der Waals surface area contributed by atoms with Crippen molar-refractivity contribution in [3.05, 3.63) is 27.7 Å². The highest BCUT2D eigenvalue weighted by Crippen LogP contribution is 2.24. The lowest BCUT2D eigenvalue weighted by atomic mass is 10.3. The number of aromatic nitrogens is 1. The smallest absolute Gasteiger partial charge is 0.195 e. The van der Waals surface area contributed by atoms with Crippen LogP contribution in [-0.4, -0.2) is 4.98 Å². The average Bonchev–Trinajstić information content (AvgIpc) is 2.46. The molecule has 0 aliphatic heterocycles. The molecule has 0 aliphatic carbocycles. The van der Waals surface area contributed by atoms with Gasteiger partial charge in [0.2, 0.25) is 0 Å². The molecule has 2 nitrogen and oxygen atoms in total. The van der Waals surface area contributed by atoms with Crippen molar-refractivity contribution >= 4 is 37.5 Å². The Morgan fingerprint density at radius 1 is 1.50 bits per heavy atom. The molecule has 0 amide bonds. The fourth-order valence-electron chi connectivity index (χ4n) is 0.946. The molecule has 0 N–H and O–H groups in total. The number of nitriles is 1. The molecule has 0 radical (unpaired) electrons. The first-order valence-electron chi connectivity index (χ1n) is 3.26. The van der Waals surface area contributed by atoms with E-state index in [1.165, 1.54) is 11.3 Å². The highest BCUT2D eigenvalue weighted by molar-refractivity contribution is 9.10. The van der Waals surface area contributed by atoms with Crippen molar-refractivity contribution in [3.63, 3.8) is 0 Å². The lowest BCUT2D eigenvalue weighted by molar-refractivity contribution is 1.40. The van der Waals surface area contributed by atoms with Gasteiger partial charge in [-0.25, -0.2) is 4.98 Å². The van der Waals surface area contributed by atoms with Gasteiger partial charge in [0, 0.05) is 4.47 Å². The van der Waals surface area contributed by atoms with E-state index in [1.54, 1.807) is 0 Å². The summed E-state index contributed by atoms with van der Waals surface area (Å²) in [7, 11) is 0. The monoisotopic (exact) mass is 238 g/mol. The molecule has 0 atom stereocenters. The first-order valence-corrected chi connectivity index (χ1v) is 4.87. The fraction of sp³-hybridized carbons (Fsp3) is 0. The molecule has 0 aliphatic rings. The molecular weight excluding hydrogens is 236 g/mol. The summed E-state index contributed by atoms with van der Waals surface area (Å²) in [5.41, 5.74) is 0.889. The Morgan fingerprint density at radius 2 is 2.33 bits per heavy atom. The van der Waals surface area contributed by atoms with E-state index in [9.17, 15) is 0 Å². The number of nitrogens with zero attached hydrogens (tertiary/aromatic N) is 2. The van der Waals surface area contributed by atoms with E-state index >= 15 is 0 Å². The van der Waals surface area contributed by atoms with Crippen LogP contribution in [-0.2, 0) is 0 Å². The number of thiazole rings is 1. The Kier molecular flexibility index (Phi) is 1.83. The minimum absolute atomic E-state index is 0.517. The number of hydrogen-bond acceptors (Lipinski definition) is 3. The van der Waals surface area contributed by atoms with E-state index in [2.05, 4.69) is 20.9 Å². The number of benzene rings is 1. The third-order valence-corrected chi connectivity index (χ3v) is 2.86. The molecule has 1 heterocycles. The van der Waals surface area contributed by atoms with Gasteiger partial charge in [-0.15, -0.1) is 11.3 Å². The molecule has 1 aromatic heterocycles. The van der Waals surface area contributed by atoms with Gasteiger partial charge in [-0.3, -0.25) is 0 Å². The highest BCUT2D eigenvalue weighted by Gasteiger charge is 2.01. The Morgan fingerprint density at radius 3 is 3.08 bits per heavy atom. The molecule has 2 aromatic rings. The Labute approximate surface area is 81.6 Å². The predicted octanol–water partition coefficient (Wildman–Crippen LogP) is 2.93. The summed E-state index contributed by atoms with van der Waals surface area (Å²) in [6, 6.07) is 7.81. The molecule has 0 bridgehead atoms. The van der Waals surface area contributed by atoms with Crippen LogP contribution in [0.25, 0.3) is 10.2 Å². The van der Waals surface area contributed by atoms with Crippen LogP contribution in [0.15, 0.2) is 22.7 Å². The molecule has 4 heteroatoms. The maximum Gasteiger partial charge on any atom is 0.195 e. The van der Waals surface area contributed by atoms with E-state index < -0.39 is 0 Å². The molecule has 0 fully saturated rings. The van der Waals surface area contributed by atoms with Crippen LogP contribution in [0.4, 0.5) is 0 Å². The standard InChI is InChI=1S/C8H3BrN2S/c9-5-1-2-6-7(3-5)12-8(4-10)11-6/h1-3H. The molecule has 58 valence electrons. The van der Waals surface area contributed by atoms with Crippen LogP contribution >= 0.6 is 27.3 Å². The topological polar surface area (TPSA) is 36.7 Å². The normalized spacial score (nSPS) is 10.0.